The molecule has 0 spiro atoms. The molecule has 0 atom stereocenters. The van der Waals surface area contributed by atoms with Gasteiger partial charge in [-0.1, -0.05) is 75.2 Å². The van der Waals surface area contributed by atoms with Crippen LogP contribution in [0.5, 0.6) is 5.75 Å². The quantitative estimate of drug-likeness (QED) is 0.0465. The summed E-state index contributed by atoms with van der Waals surface area (Å²) in [5.41, 5.74) is 9.84. The molecule has 3 N–H and O–H groups in total. The van der Waals surface area contributed by atoms with Gasteiger partial charge in [-0.25, -0.2) is 0 Å². The fraction of sp³-hybridized carbons (Fsp3) is 0.357. The summed E-state index contributed by atoms with van der Waals surface area (Å²) in [7, 11) is -8.58. The van der Waals surface area contributed by atoms with Crippen LogP contribution < -0.4 is 9.64 Å². The number of allylic oxidation sites excluding steroid dienone is 7. The van der Waals surface area contributed by atoms with E-state index in [-0.39, 0.29) is 28.9 Å². The molecular formula is C56H63N2O9S2+. The lowest BCUT2D eigenvalue weighted by Crippen LogP contribution is -2.28. The number of benzene rings is 5. The fourth-order valence-corrected chi connectivity index (χ4v) is 11.3. The number of anilines is 1. The summed E-state index contributed by atoms with van der Waals surface area (Å²) in [4.78, 5) is 13.3. The molecule has 362 valence electrons. The molecule has 2 heterocycles. The Morgan fingerprint density at radius 3 is 2.20 bits per heavy atom. The Morgan fingerprint density at radius 1 is 0.783 bits per heavy atom. The van der Waals surface area contributed by atoms with Gasteiger partial charge in [0, 0.05) is 53.9 Å². The van der Waals surface area contributed by atoms with Gasteiger partial charge in [-0.15, -0.1) is 0 Å². The molecule has 8 rings (SSSR count). The number of ether oxygens (including phenoxy) is 1. The second kappa shape index (κ2) is 19.5. The van der Waals surface area contributed by atoms with Crippen LogP contribution in [0.15, 0.2) is 137 Å². The van der Waals surface area contributed by atoms with Crippen molar-refractivity contribution >= 4 is 64.8 Å². The lowest BCUT2D eigenvalue weighted by Gasteiger charge is -2.27. The molecule has 2 aliphatic heterocycles. The maximum atomic E-state index is 12.1. The zero-order valence-corrected chi connectivity index (χ0v) is 42.0. The van der Waals surface area contributed by atoms with Crippen molar-refractivity contribution in [1.29, 1.82) is 0 Å². The number of aliphatic carboxylic acids is 1. The van der Waals surface area contributed by atoms with E-state index in [0.29, 0.717) is 30.5 Å². The van der Waals surface area contributed by atoms with Gasteiger partial charge in [-0.3, -0.25) is 13.9 Å². The summed E-state index contributed by atoms with van der Waals surface area (Å²) < 4.78 is 76.5. The first-order chi connectivity index (χ1) is 32.6. The van der Waals surface area contributed by atoms with Crippen LogP contribution in [-0.4, -0.2) is 66.1 Å². The largest absolute Gasteiger partial charge is 0.481 e. The number of carboxylic acids is 1. The number of hydrogen-bond acceptors (Lipinski definition) is 7. The van der Waals surface area contributed by atoms with E-state index in [4.69, 9.17) is 4.74 Å². The van der Waals surface area contributed by atoms with Gasteiger partial charge in [0.15, 0.2) is 5.71 Å². The average molecular weight is 972 g/mol. The van der Waals surface area contributed by atoms with Crippen LogP contribution in [0.4, 0.5) is 11.4 Å². The van der Waals surface area contributed by atoms with Crippen LogP contribution in [0.1, 0.15) is 108 Å². The third-order valence-corrected chi connectivity index (χ3v) is 15.7. The summed E-state index contributed by atoms with van der Waals surface area (Å²) >= 11 is 0. The van der Waals surface area contributed by atoms with Crippen LogP contribution in [-0.2, 0) is 42.3 Å². The van der Waals surface area contributed by atoms with Gasteiger partial charge in [0.25, 0.3) is 20.2 Å². The first-order valence-corrected chi connectivity index (χ1v) is 27.0. The maximum absolute atomic E-state index is 12.1. The third kappa shape index (κ3) is 10.7. The molecule has 0 amide bonds. The van der Waals surface area contributed by atoms with Crippen molar-refractivity contribution in [1.82, 2.24) is 0 Å². The summed E-state index contributed by atoms with van der Waals surface area (Å²) in [6.07, 6.45) is 14.4. The molecule has 1 aliphatic carbocycles. The third-order valence-electron chi connectivity index (χ3n) is 14.0. The molecule has 11 nitrogen and oxygen atoms in total. The molecule has 5 aromatic rings. The Bertz CT molecular complexity index is 3250. The highest BCUT2D eigenvalue weighted by atomic mass is 32.2. The van der Waals surface area contributed by atoms with Crippen molar-refractivity contribution in [2.24, 2.45) is 0 Å². The Balaban J connectivity index is 1.24. The number of hydrogen-bond donors (Lipinski definition) is 3. The number of aryl methyl sites for hydroxylation is 2. The topological polar surface area (TPSA) is 162 Å². The fourth-order valence-electron chi connectivity index (χ4n) is 10.2. The normalized spacial score (nSPS) is 18.1. The van der Waals surface area contributed by atoms with E-state index in [0.717, 1.165) is 83.5 Å². The van der Waals surface area contributed by atoms with Crippen LogP contribution in [0.2, 0.25) is 0 Å². The van der Waals surface area contributed by atoms with Crippen LogP contribution >= 0.6 is 0 Å². The molecule has 13 heteroatoms. The number of carbonyl (C=O) groups is 1. The van der Waals surface area contributed by atoms with E-state index in [1.807, 2.05) is 36.4 Å². The molecule has 0 aromatic heterocycles. The average Bonchev–Trinajstić information content (AvgIpc) is 3.62. The molecule has 0 unspecified atom stereocenters. The van der Waals surface area contributed by atoms with Crippen molar-refractivity contribution in [3.8, 4) is 5.75 Å². The van der Waals surface area contributed by atoms with E-state index in [2.05, 4.69) is 106 Å². The molecular weight excluding hydrogens is 909 g/mol. The predicted octanol–water partition coefficient (Wildman–Crippen LogP) is 12.1. The summed E-state index contributed by atoms with van der Waals surface area (Å²) in [5, 5.41) is 13.2. The number of fused-ring (bicyclic) bond motifs is 4. The lowest BCUT2D eigenvalue weighted by molar-refractivity contribution is -0.438. The molecule has 0 saturated heterocycles. The van der Waals surface area contributed by atoms with Gasteiger partial charge in [0.1, 0.15) is 18.1 Å². The van der Waals surface area contributed by atoms with Crippen LogP contribution in [0.25, 0.3) is 21.5 Å². The second-order valence-electron chi connectivity index (χ2n) is 19.8. The van der Waals surface area contributed by atoms with Crippen molar-refractivity contribution in [2.45, 2.75) is 115 Å². The van der Waals surface area contributed by atoms with Gasteiger partial charge < -0.3 is 14.7 Å². The van der Waals surface area contributed by atoms with Gasteiger partial charge in [0.05, 0.1) is 16.1 Å². The van der Waals surface area contributed by atoms with Crippen molar-refractivity contribution in [2.75, 3.05) is 23.7 Å². The number of nitrogens with zero attached hydrogens (tertiary/aromatic N) is 2. The minimum atomic E-state index is -4.44. The van der Waals surface area contributed by atoms with E-state index in [9.17, 15) is 35.8 Å². The Morgan fingerprint density at radius 2 is 1.49 bits per heavy atom. The first-order valence-electron chi connectivity index (χ1n) is 23.9. The Kier molecular flexibility index (Phi) is 14.0. The minimum absolute atomic E-state index is 0.0330. The van der Waals surface area contributed by atoms with E-state index >= 15 is 0 Å². The highest BCUT2D eigenvalue weighted by Gasteiger charge is 2.45. The first kappa shape index (κ1) is 49.6. The van der Waals surface area contributed by atoms with Crippen molar-refractivity contribution < 1.29 is 45.2 Å². The SMILES string of the molecule is CCCC[N+]1=C(/C=C/C2=C(Oc3ccc(CCC(=O)O)cc3)C(=C/C=C3/N(CCCCS(=O)(=O)O)c4cc5ccc(S(=O)(=O)O)cc5cc4C3(C)C)/CCC2)C(C)(C)c2cc3cc(C)ccc3cc21. The molecule has 5 aromatic carbocycles. The Hall–Kier alpha value is -5.86. The van der Waals surface area contributed by atoms with E-state index in [1.165, 1.54) is 45.4 Å². The molecule has 69 heavy (non-hydrogen) atoms. The summed E-state index contributed by atoms with van der Waals surface area (Å²) in [6.45, 7) is 14.5. The monoisotopic (exact) mass is 971 g/mol. The van der Waals surface area contributed by atoms with E-state index in [1.54, 1.807) is 6.07 Å². The lowest BCUT2D eigenvalue weighted by atomic mass is 9.80. The van der Waals surface area contributed by atoms with Crippen LogP contribution in [0, 0.1) is 6.92 Å². The molecule has 0 fully saturated rings. The van der Waals surface area contributed by atoms with Gasteiger partial charge in [-0.2, -0.15) is 21.4 Å². The maximum Gasteiger partial charge on any atom is 0.303 e. The minimum Gasteiger partial charge on any atom is -0.481 e. The zero-order chi connectivity index (χ0) is 49.5. The van der Waals surface area contributed by atoms with Gasteiger partial charge in [0.2, 0.25) is 5.69 Å². The highest BCUT2D eigenvalue weighted by Crippen LogP contribution is 2.50. The van der Waals surface area contributed by atoms with Crippen LogP contribution in [0.3, 0.4) is 0 Å². The summed E-state index contributed by atoms with van der Waals surface area (Å²) in [6, 6.07) is 27.4. The highest BCUT2D eigenvalue weighted by molar-refractivity contribution is 7.86. The van der Waals surface area contributed by atoms with Crippen molar-refractivity contribution in [3.63, 3.8) is 0 Å². The number of carboxylic acid groups (broad SMARTS) is 1. The summed E-state index contributed by atoms with van der Waals surface area (Å²) in [5.74, 6) is 0.178. The zero-order valence-electron chi connectivity index (χ0n) is 40.4. The number of rotatable bonds is 17. The van der Waals surface area contributed by atoms with Crippen molar-refractivity contribution in [3.05, 3.63) is 154 Å². The second-order valence-corrected chi connectivity index (χ2v) is 22.8. The predicted molar refractivity (Wildman–Crippen MR) is 275 cm³/mol. The molecule has 0 saturated carbocycles. The smallest absolute Gasteiger partial charge is 0.303 e. The van der Waals surface area contributed by atoms with Gasteiger partial charge >= 0.3 is 5.97 Å². The van der Waals surface area contributed by atoms with Gasteiger partial charge in [-0.05, 0) is 158 Å². The van der Waals surface area contributed by atoms with E-state index < -0.39 is 31.6 Å². The standard InChI is InChI=1S/C56H62N2O9S2/c1-7-8-28-57-49-35-41-18-14-37(2)31-43(41)33-47(49)55(3,4)51(57)25-20-39-12-11-13-40(54(39)67-45-22-15-38(16-23-45)17-27-53(59)60)21-26-52-56(5,6)48-34-44-32-46(69(64,65)66)24-19-42(44)36-50(48)58(52)29-9-10-30-68(61,62)63/h14-16,18-26,31-36H,7-13,17,27-30H2,1-6H3,(H2-,59,60,61,62,63,64,65,66)/p+1. The molecule has 0 bridgehead atoms. The Labute approximate surface area is 406 Å². The molecule has 0 radical (unpaired) electrons. The molecule has 3 aliphatic rings. The number of unbranched alkanes of at least 4 members (excludes halogenated alkanes) is 2.